The molecule has 0 spiro atoms. The molecule has 0 fully saturated rings. The van der Waals surface area contributed by atoms with Crippen molar-refractivity contribution in [3.8, 4) is 0 Å². The van der Waals surface area contributed by atoms with Gasteiger partial charge in [-0.2, -0.15) is 0 Å². The predicted octanol–water partition coefficient (Wildman–Crippen LogP) is 4.38. The molecule has 3 heteroatoms. The highest BCUT2D eigenvalue weighted by molar-refractivity contribution is 6.14. The van der Waals surface area contributed by atoms with Crippen LogP contribution >= 0.6 is 0 Å². The van der Waals surface area contributed by atoms with Gasteiger partial charge in [0.25, 0.3) is 0 Å². The van der Waals surface area contributed by atoms with Crippen LogP contribution in [0.2, 0.25) is 0 Å². The Kier molecular flexibility index (Phi) is 5.69. The molecule has 0 unspecified atom stereocenters. The lowest BCUT2D eigenvalue weighted by atomic mass is 9.95. The van der Waals surface area contributed by atoms with E-state index in [4.69, 9.17) is 0 Å². The molecule has 2 aromatic carbocycles. The van der Waals surface area contributed by atoms with Gasteiger partial charge < -0.3 is 4.90 Å². The smallest absolute Gasteiger partial charge is 0.0909 e. The fourth-order valence-electron chi connectivity index (χ4n) is 2.44. The Morgan fingerprint density at radius 2 is 1.78 bits per heavy atom. The van der Waals surface area contributed by atoms with Gasteiger partial charge >= 0.3 is 0 Å². The van der Waals surface area contributed by atoms with E-state index < -0.39 is 0 Å². The second kappa shape index (κ2) is 7.73. The monoisotopic (exact) mass is 307 g/mol. The van der Waals surface area contributed by atoms with Crippen molar-refractivity contribution >= 4 is 17.7 Å². The fraction of sp³-hybridized carbons (Fsp3) is 0.300. The average molecular weight is 307 g/mol. The van der Waals surface area contributed by atoms with E-state index in [1.165, 1.54) is 11.1 Å². The lowest BCUT2D eigenvalue weighted by Crippen LogP contribution is -2.14. The van der Waals surface area contributed by atoms with Crippen molar-refractivity contribution in [2.45, 2.75) is 20.8 Å². The minimum Gasteiger partial charge on any atom is -0.366 e. The molecule has 0 heterocycles. The molecule has 0 aliphatic rings. The highest BCUT2D eigenvalue weighted by atomic mass is 15.1. The zero-order chi connectivity index (χ0) is 16.8. The molecule has 120 valence electrons. The molecule has 0 saturated carbocycles. The summed E-state index contributed by atoms with van der Waals surface area (Å²) in [6, 6.07) is 14.6. The minimum absolute atomic E-state index is 0.945. The van der Waals surface area contributed by atoms with Crippen LogP contribution in [0, 0.1) is 13.8 Å². The zero-order valence-electron chi connectivity index (χ0n) is 14.7. The molecule has 0 atom stereocenters. The van der Waals surface area contributed by atoms with Crippen molar-refractivity contribution in [1.82, 2.24) is 4.90 Å². The summed E-state index contributed by atoms with van der Waals surface area (Å²) in [6.45, 7) is 7.27. The van der Waals surface area contributed by atoms with E-state index in [-0.39, 0.29) is 0 Å². The molecule has 2 rings (SSSR count). The molecule has 0 radical (unpaired) electrons. The Morgan fingerprint density at radius 3 is 2.39 bits per heavy atom. The lowest BCUT2D eigenvalue weighted by molar-refractivity contribution is 0.552. The average Bonchev–Trinajstić information content (AvgIpc) is 2.57. The Labute approximate surface area is 139 Å². The summed E-state index contributed by atoms with van der Waals surface area (Å²) in [4.78, 5) is 11.2. The van der Waals surface area contributed by atoms with Crippen LogP contribution in [0.15, 0.2) is 52.4 Å². The van der Waals surface area contributed by atoms with Crippen LogP contribution in [0.3, 0.4) is 0 Å². The molecule has 3 nitrogen and oxygen atoms in total. The van der Waals surface area contributed by atoms with E-state index in [9.17, 15) is 0 Å². The van der Waals surface area contributed by atoms with Crippen LogP contribution in [0.5, 0.6) is 0 Å². The predicted molar refractivity (Wildman–Crippen MR) is 100 cm³/mol. The first kappa shape index (κ1) is 16.9. The van der Waals surface area contributed by atoms with Crippen LogP contribution < -0.4 is 0 Å². The van der Waals surface area contributed by atoms with Gasteiger partial charge in [0.1, 0.15) is 0 Å². The van der Waals surface area contributed by atoms with E-state index in [2.05, 4.69) is 59.9 Å². The van der Waals surface area contributed by atoms with E-state index >= 15 is 0 Å². The number of hydrogen-bond acceptors (Lipinski definition) is 2. The molecule has 2 aromatic rings. The van der Waals surface area contributed by atoms with Gasteiger partial charge in [0.05, 0.1) is 17.7 Å². The van der Waals surface area contributed by atoms with Gasteiger partial charge in [0.15, 0.2) is 0 Å². The molecule has 0 bridgehead atoms. The maximum atomic E-state index is 4.60. The summed E-state index contributed by atoms with van der Waals surface area (Å²) in [5.74, 6) is 0. The lowest BCUT2D eigenvalue weighted by Gasteiger charge is -2.13. The molecular weight excluding hydrogens is 282 g/mol. The summed E-state index contributed by atoms with van der Waals surface area (Å²) in [5.41, 5.74) is 6.68. The van der Waals surface area contributed by atoms with Crippen LogP contribution in [0.25, 0.3) is 0 Å². The number of rotatable bonds is 5. The fourth-order valence-corrected chi connectivity index (χ4v) is 2.44. The first-order chi connectivity index (χ1) is 11.1. The van der Waals surface area contributed by atoms with E-state index in [0.717, 1.165) is 29.1 Å². The van der Waals surface area contributed by atoms with Gasteiger partial charge in [-0.15, -0.1) is 0 Å². The minimum atomic E-state index is 0.945. The van der Waals surface area contributed by atoms with Gasteiger partial charge in [-0.1, -0.05) is 30.3 Å². The zero-order valence-corrected chi connectivity index (χ0v) is 14.7. The van der Waals surface area contributed by atoms with E-state index in [1.54, 1.807) is 0 Å². The summed E-state index contributed by atoms with van der Waals surface area (Å²) < 4.78 is 0. The molecule has 0 amide bonds. The van der Waals surface area contributed by atoms with Gasteiger partial charge in [-0.05, 0) is 44.0 Å². The highest BCUT2D eigenvalue weighted by Crippen LogP contribution is 2.25. The molecule has 0 aliphatic carbocycles. The van der Waals surface area contributed by atoms with Crippen molar-refractivity contribution in [3.63, 3.8) is 0 Å². The van der Waals surface area contributed by atoms with E-state index in [1.807, 2.05) is 38.6 Å². The number of aryl methyl sites for hydroxylation is 2. The van der Waals surface area contributed by atoms with Crippen molar-refractivity contribution < 1.29 is 0 Å². The summed E-state index contributed by atoms with van der Waals surface area (Å²) >= 11 is 0. The first-order valence-corrected chi connectivity index (χ1v) is 7.95. The van der Waals surface area contributed by atoms with Crippen molar-refractivity contribution in [3.05, 3.63) is 64.7 Å². The second-order valence-corrected chi connectivity index (χ2v) is 5.71. The topological polar surface area (TPSA) is 28.0 Å². The number of aliphatic imine (C=N–C) groups is 2. The molecule has 0 aromatic heterocycles. The number of hydrogen-bond donors (Lipinski definition) is 0. The second-order valence-electron chi connectivity index (χ2n) is 5.71. The normalized spacial score (nSPS) is 12.0. The van der Waals surface area contributed by atoms with Crippen molar-refractivity contribution in [2.75, 3.05) is 20.6 Å². The third-order valence-corrected chi connectivity index (χ3v) is 3.96. The Bertz CT molecular complexity index is 715. The van der Waals surface area contributed by atoms with Crippen LogP contribution in [-0.2, 0) is 0 Å². The summed E-state index contributed by atoms with van der Waals surface area (Å²) in [6.07, 6.45) is 1.88. The number of nitrogens with zero attached hydrogens (tertiary/aromatic N) is 3. The Hall–Kier alpha value is -2.42. The maximum Gasteiger partial charge on any atom is 0.0909 e. The third-order valence-electron chi connectivity index (χ3n) is 3.96. The summed E-state index contributed by atoms with van der Waals surface area (Å²) in [5, 5.41) is 0. The molecule has 0 saturated heterocycles. The Balaban J connectivity index is 2.42. The standard InChI is InChI=1S/C20H25N3/c1-6-23(5)14-22-19-13-15(2)18(12-16(19)3)20(21-4)17-10-8-7-9-11-17/h7-14H,6H2,1-5H3/b21-20-,22-14?. The first-order valence-electron chi connectivity index (χ1n) is 7.95. The molecule has 0 N–H and O–H groups in total. The number of benzene rings is 2. The largest absolute Gasteiger partial charge is 0.366 e. The molecular formula is C20H25N3. The molecule has 23 heavy (non-hydrogen) atoms. The van der Waals surface area contributed by atoms with Crippen LogP contribution in [0.1, 0.15) is 29.2 Å². The van der Waals surface area contributed by atoms with Crippen LogP contribution in [0.4, 0.5) is 5.69 Å². The third kappa shape index (κ3) is 4.07. The quantitative estimate of drug-likeness (QED) is 0.595. The van der Waals surface area contributed by atoms with Crippen molar-refractivity contribution in [2.24, 2.45) is 9.98 Å². The molecule has 0 aliphatic heterocycles. The maximum absolute atomic E-state index is 4.60. The SMILES string of the molecule is CCN(C)C=Nc1cc(C)c(/C(=N\C)c2ccccc2)cc1C. The van der Waals surface area contributed by atoms with Gasteiger partial charge in [0, 0.05) is 31.8 Å². The highest BCUT2D eigenvalue weighted by Gasteiger charge is 2.11. The summed E-state index contributed by atoms with van der Waals surface area (Å²) in [7, 11) is 3.87. The van der Waals surface area contributed by atoms with E-state index in [0.29, 0.717) is 0 Å². The van der Waals surface area contributed by atoms with Gasteiger partial charge in [0.2, 0.25) is 0 Å². The van der Waals surface area contributed by atoms with Gasteiger partial charge in [-0.3, -0.25) is 4.99 Å². The Morgan fingerprint density at radius 1 is 1.09 bits per heavy atom. The van der Waals surface area contributed by atoms with Crippen molar-refractivity contribution in [1.29, 1.82) is 0 Å². The van der Waals surface area contributed by atoms with Crippen LogP contribution in [-0.4, -0.2) is 37.6 Å². The van der Waals surface area contributed by atoms with Gasteiger partial charge in [-0.25, -0.2) is 4.99 Å².